The molecule has 0 saturated heterocycles. The minimum absolute atomic E-state index is 0.255. The molecule has 1 saturated carbocycles. The molecule has 0 spiro atoms. The molecule has 98 valence electrons. The Morgan fingerprint density at radius 2 is 1.89 bits per heavy atom. The van der Waals surface area contributed by atoms with E-state index in [1.807, 2.05) is 36.4 Å². The van der Waals surface area contributed by atoms with Crippen LogP contribution in [0.25, 0.3) is 10.8 Å². The van der Waals surface area contributed by atoms with Crippen LogP contribution in [-0.4, -0.2) is 12.4 Å². The number of hydrogen-bond acceptors (Lipinski definition) is 2. The number of benzene rings is 2. The van der Waals surface area contributed by atoms with Crippen molar-refractivity contribution in [1.82, 2.24) is 0 Å². The second-order valence-corrected chi connectivity index (χ2v) is 5.14. The second kappa shape index (κ2) is 5.04. The number of hydrogen-bond donors (Lipinski definition) is 0. The molecule has 0 atom stereocenters. The van der Waals surface area contributed by atoms with Crippen molar-refractivity contribution in [2.24, 2.45) is 5.92 Å². The number of rotatable bonds is 5. The zero-order valence-electron chi connectivity index (χ0n) is 11.2. The topological polar surface area (TPSA) is 26.3 Å². The van der Waals surface area contributed by atoms with E-state index in [4.69, 9.17) is 4.74 Å². The molecular weight excluding hydrogens is 236 g/mol. The molecule has 2 aromatic rings. The van der Waals surface area contributed by atoms with Gasteiger partial charge in [-0.25, -0.2) is 0 Å². The van der Waals surface area contributed by atoms with Crippen LogP contribution in [0.15, 0.2) is 36.4 Å². The highest BCUT2D eigenvalue weighted by Crippen LogP contribution is 2.36. The Kier molecular flexibility index (Phi) is 3.24. The maximum atomic E-state index is 12.3. The van der Waals surface area contributed by atoms with E-state index in [0.717, 1.165) is 41.3 Å². The summed E-state index contributed by atoms with van der Waals surface area (Å²) < 4.78 is 5.77. The van der Waals surface area contributed by atoms with Crippen molar-refractivity contribution in [3.05, 3.63) is 42.0 Å². The van der Waals surface area contributed by atoms with Crippen molar-refractivity contribution in [3.63, 3.8) is 0 Å². The largest absolute Gasteiger partial charge is 0.493 e. The average molecular weight is 254 g/mol. The molecule has 0 amide bonds. The first-order chi connectivity index (χ1) is 9.31. The molecule has 19 heavy (non-hydrogen) atoms. The van der Waals surface area contributed by atoms with Gasteiger partial charge < -0.3 is 4.74 Å². The Labute approximate surface area is 113 Å². The predicted molar refractivity (Wildman–Crippen MR) is 76.8 cm³/mol. The van der Waals surface area contributed by atoms with Gasteiger partial charge in [-0.05, 0) is 36.8 Å². The number of carbonyl (C=O) groups excluding carboxylic acids is 1. The van der Waals surface area contributed by atoms with Crippen molar-refractivity contribution in [2.45, 2.75) is 26.2 Å². The SMILES string of the molecule is CCCOc1ccc(C(=O)C2CC2)c2ccccc12. The van der Waals surface area contributed by atoms with Crippen LogP contribution < -0.4 is 4.74 Å². The van der Waals surface area contributed by atoms with Crippen LogP contribution >= 0.6 is 0 Å². The van der Waals surface area contributed by atoms with Crippen molar-refractivity contribution < 1.29 is 9.53 Å². The van der Waals surface area contributed by atoms with Gasteiger partial charge in [-0.2, -0.15) is 0 Å². The number of ether oxygens (including phenoxy) is 1. The fraction of sp³-hybridized carbons (Fsp3) is 0.353. The molecule has 0 radical (unpaired) electrons. The molecule has 2 heteroatoms. The van der Waals surface area contributed by atoms with E-state index < -0.39 is 0 Å². The lowest BCUT2D eigenvalue weighted by molar-refractivity contribution is 0.0969. The highest BCUT2D eigenvalue weighted by atomic mass is 16.5. The van der Waals surface area contributed by atoms with Gasteiger partial charge >= 0.3 is 0 Å². The summed E-state index contributed by atoms with van der Waals surface area (Å²) in [5.41, 5.74) is 0.849. The minimum Gasteiger partial charge on any atom is -0.493 e. The van der Waals surface area contributed by atoms with Gasteiger partial charge in [-0.15, -0.1) is 0 Å². The molecule has 0 aromatic heterocycles. The predicted octanol–water partition coefficient (Wildman–Crippen LogP) is 4.22. The van der Waals surface area contributed by atoms with Crippen LogP contribution in [0.5, 0.6) is 5.75 Å². The van der Waals surface area contributed by atoms with Crippen LogP contribution in [0.1, 0.15) is 36.5 Å². The van der Waals surface area contributed by atoms with E-state index in [0.29, 0.717) is 12.4 Å². The summed E-state index contributed by atoms with van der Waals surface area (Å²) in [4.78, 5) is 12.3. The Hall–Kier alpha value is -1.83. The standard InChI is InChI=1S/C17H18O2/c1-2-11-19-16-10-9-15(17(18)12-7-8-12)13-5-3-4-6-14(13)16/h3-6,9-10,12H,2,7-8,11H2,1H3. The highest BCUT2D eigenvalue weighted by Gasteiger charge is 2.31. The van der Waals surface area contributed by atoms with Crippen LogP contribution in [0.3, 0.4) is 0 Å². The Morgan fingerprint density at radius 3 is 2.58 bits per heavy atom. The van der Waals surface area contributed by atoms with Gasteiger partial charge in [0, 0.05) is 16.9 Å². The van der Waals surface area contributed by atoms with Crippen molar-refractivity contribution in [2.75, 3.05) is 6.61 Å². The van der Waals surface area contributed by atoms with E-state index in [9.17, 15) is 4.79 Å². The summed E-state index contributed by atoms with van der Waals surface area (Å²) in [5.74, 6) is 1.42. The smallest absolute Gasteiger partial charge is 0.166 e. The van der Waals surface area contributed by atoms with Crippen LogP contribution in [0, 0.1) is 5.92 Å². The van der Waals surface area contributed by atoms with Gasteiger partial charge in [0.15, 0.2) is 5.78 Å². The van der Waals surface area contributed by atoms with Gasteiger partial charge in [-0.1, -0.05) is 31.2 Å². The third kappa shape index (κ3) is 2.35. The fourth-order valence-electron chi connectivity index (χ4n) is 2.39. The number of Topliss-reactive ketones (excluding diaryl/α,β-unsaturated/α-hetero) is 1. The lowest BCUT2D eigenvalue weighted by atomic mass is 9.98. The maximum absolute atomic E-state index is 12.3. The van der Waals surface area contributed by atoms with E-state index in [-0.39, 0.29) is 5.92 Å². The van der Waals surface area contributed by atoms with Crippen LogP contribution in [0.4, 0.5) is 0 Å². The molecule has 2 nitrogen and oxygen atoms in total. The van der Waals surface area contributed by atoms with Crippen LogP contribution in [-0.2, 0) is 0 Å². The quantitative estimate of drug-likeness (QED) is 0.747. The summed E-state index contributed by atoms with van der Waals surface area (Å²) in [6, 6.07) is 11.9. The Bertz CT molecular complexity index is 612. The van der Waals surface area contributed by atoms with Crippen molar-refractivity contribution in [3.8, 4) is 5.75 Å². The Morgan fingerprint density at radius 1 is 1.16 bits per heavy atom. The summed E-state index contributed by atoms with van der Waals surface area (Å²) in [5, 5.41) is 2.07. The highest BCUT2D eigenvalue weighted by molar-refractivity contribution is 6.11. The molecule has 2 aromatic carbocycles. The van der Waals surface area contributed by atoms with Gasteiger partial charge in [0.25, 0.3) is 0 Å². The summed E-state index contributed by atoms with van der Waals surface area (Å²) >= 11 is 0. The second-order valence-electron chi connectivity index (χ2n) is 5.14. The first kappa shape index (κ1) is 12.2. The molecule has 1 aliphatic rings. The van der Waals surface area contributed by atoms with Crippen LogP contribution in [0.2, 0.25) is 0 Å². The molecule has 0 heterocycles. The Balaban J connectivity index is 2.07. The van der Waals surface area contributed by atoms with E-state index in [1.54, 1.807) is 0 Å². The normalized spacial score (nSPS) is 14.6. The molecule has 0 unspecified atom stereocenters. The lowest BCUT2D eigenvalue weighted by Crippen LogP contribution is -2.03. The third-order valence-corrected chi connectivity index (χ3v) is 3.56. The minimum atomic E-state index is 0.255. The monoisotopic (exact) mass is 254 g/mol. The molecular formula is C17H18O2. The first-order valence-electron chi connectivity index (χ1n) is 7.00. The summed E-state index contributed by atoms with van der Waals surface area (Å²) in [6.07, 6.45) is 3.07. The third-order valence-electron chi connectivity index (χ3n) is 3.56. The summed E-state index contributed by atoms with van der Waals surface area (Å²) in [6.45, 7) is 2.80. The summed E-state index contributed by atoms with van der Waals surface area (Å²) in [7, 11) is 0. The zero-order chi connectivity index (χ0) is 13.2. The number of carbonyl (C=O) groups is 1. The number of ketones is 1. The molecule has 1 fully saturated rings. The zero-order valence-corrected chi connectivity index (χ0v) is 11.2. The maximum Gasteiger partial charge on any atom is 0.166 e. The van der Waals surface area contributed by atoms with Crippen molar-refractivity contribution >= 4 is 16.6 Å². The van der Waals surface area contributed by atoms with E-state index >= 15 is 0 Å². The lowest BCUT2D eigenvalue weighted by Gasteiger charge is -2.11. The fourth-order valence-corrected chi connectivity index (χ4v) is 2.39. The molecule has 0 bridgehead atoms. The van der Waals surface area contributed by atoms with E-state index in [1.165, 1.54) is 0 Å². The number of fused-ring (bicyclic) bond motifs is 1. The van der Waals surface area contributed by atoms with Crippen molar-refractivity contribution in [1.29, 1.82) is 0 Å². The molecule has 3 rings (SSSR count). The molecule has 0 aliphatic heterocycles. The van der Waals surface area contributed by atoms with Gasteiger partial charge in [-0.3, -0.25) is 4.79 Å². The van der Waals surface area contributed by atoms with Gasteiger partial charge in [0.1, 0.15) is 5.75 Å². The van der Waals surface area contributed by atoms with Gasteiger partial charge in [0.05, 0.1) is 6.61 Å². The molecule has 1 aliphatic carbocycles. The molecule has 0 N–H and O–H groups in total. The average Bonchev–Trinajstić information content (AvgIpc) is 3.28. The first-order valence-corrected chi connectivity index (χ1v) is 7.00. The van der Waals surface area contributed by atoms with Gasteiger partial charge in [0.2, 0.25) is 0 Å². The van der Waals surface area contributed by atoms with E-state index in [2.05, 4.69) is 6.92 Å².